The molecule has 1 saturated carbocycles. The normalized spacial score (nSPS) is 19.2. The predicted molar refractivity (Wildman–Crippen MR) is 112 cm³/mol. The maximum Gasteiger partial charge on any atom is 0.240 e. The second-order valence-corrected chi connectivity index (χ2v) is 8.10. The molecule has 0 radical (unpaired) electrons. The van der Waals surface area contributed by atoms with E-state index in [1.165, 1.54) is 0 Å². The number of carbonyl (C=O) groups excluding carboxylic acids is 1. The van der Waals surface area contributed by atoms with Gasteiger partial charge in [0.15, 0.2) is 10.6 Å². The van der Waals surface area contributed by atoms with Crippen LogP contribution in [0.15, 0.2) is 54.6 Å². The standard InChI is InChI=1S/C21H21ClN4OS/c1-13-11-17(13)19(14-5-3-2-4-6-14)23-18(27)12-26-20(24-25-21(26)28)15-7-9-16(22)10-8-15/h2-10,13,17,19H,11-12H2,1H3,(H,23,27)(H,25,28). The molecule has 0 bridgehead atoms. The van der Waals surface area contributed by atoms with Crippen LogP contribution in [0.5, 0.6) is 0 Å². The predicted octanol–water partition coefficient (Wildman–Crippen LogP) is 4.77. The number of rotatable bonds is 6. The van der Waals surface area contributed by atoms with Crippen LogP contribution in [-0.2, 0) is 11.3 Å². The molecule has 1 aromatic heterocycles. The largest absolute Gasteiger partial charge is 0.347 e. The lowest BCUT2D eigenvalue weighted by Crippen LogP contribution is -2.33. The Bertz CT molecular complexity index is 1030. The molecular weight excluding hydrogens is 392 g/mol. The van der Waals surface area contributed by atoms with Gasteiger partial charge >= 0.3 is 0 Å². The number of amides is 1. The molecule has 144 valence electrons. The van der Waals surface area contributed by atoms with E-state index in [9.17, 15) is 4.79 Å². The summed E-state index contributed by atoms with van der Waals surface area (Å²) >= 11 is 11.3. The summed E-state index contributed by atoms with van der Waals surface area (Å²) in [6.45, 7) is 2.33. The number of nitrogens with one attached hydrogen (secondary N) is 2. The molecule has 1 aliphatic rings. The van der Waals surface area contributed by atoms with Gasteiger partial charge < -0.3 is 5.32 Å². The molecule has 2 aromatic carbocycles. The average Bonchev–Trinajstić information content (AvgIpc) is 3.32. The first-order valence-corrected chi connectivity index (χ1v) is 10.1. The third-order valence-electron chi connectivity index (χ3n) is 5.24. The number of aromatic amines is 1. The van der Waals surface area contributed by atoms with Gasteiger partial charge in [0.2, 0.25) is 5.91 Å². The van der Waals surface area contributed by atoms with E-state index in [-0.39, 0.29) is 18.5 Å². The van der Waals surface area contributed by atoms with Gasteiger partial charge in [-0.15, -0.1) is 0 Å². The van der Waals surface area contributed by atoms with Crippen molar-refractivity contribution in [3.63, 3.8) is 0 Å². The number of carbonyl (C=O) groups is 1. The molecule has 1 heterocycles. The smallest absolute Gasteiger partial charge is 0.240 e. The van der Waals surface area contributed by atoms with E-state index in [2.05, 4.69) is 34.6 Å². The van der Waals surface area contributed by atoms with Gasteiger partial charge in [-0.25, -0.2) is 0 Å². The van der Waals surface area contributed by atoms with Gasteiger partial charge in [-0.1, -0.05) is 48.9 Å². The minimum Gasteiger partial charge on any atom is -0.347 e. The highest BCUT2D eigenvalue weighted by Crippen LogP contribution is 2.46. The highest BCUT2D eigenvalue weighted by Gasteiger charge is 2.40. The van der Waals surface area contributed by atoms with Crippen LogP contribution >= 0.6 is 23.8 Å². The van der Waals surface area contributed by atoms with Crippen molar-refractivity contribution in [1.82, 2.24) is 20.1 Å². The average molecular weight is 413 g/mol. The quantitative estimate of drug-likeness (QED) is 0.573. The molecule has 3 aromatic rings. The minimum atomic E-state index is -0.0827. The zero-order valence-electron chi connectivity index (χ0n) is 15.4. The number of hydrogen-bond acceptors (Lipinski definition) is 3. The number of benzene rings is 2. The number of halogens is 1. The van der Waals surface area contributed by atoms with E-state index in [0.29, 0.717) is 27.5 Å². The summed E-state index contributed by atoms with van der Waals surface area (Å²) in [6, 6.07) is 17.5. The Labute approximate surface area is 173 Å². The van der Waals surface area contributed by atoms with Crippen LogP contribution in [0.25, 0.3) is 11.4 Å². The van der Waals surface area contributed by atoms with Crippen LogP contribution in [-0.4, -0.2) is 20.7 Å². The third kappa shape index (κ3) is 4.03. The molecule has 3 unspecified atom stereocenters. The molecule has 1 aliphatic carbocycles. The fourth-order valence-electron chi connectivity index (χ4n) is 3.56. The monoisotopic (exact) mass is 412 g/mol. The molecule has 1 amide bonds. The van der Waals surface area contributed by atoms with Crippen molar-refractivity contribution in [1.29, 1.82) is 0 Å². The van der Waals surface area contributed by atoms with Crippen LogP contribution in [0.2, 0.25) is 5.02 Å². The molecule has 0 spiro atoms. The maximum absolute atomic E-state index is 12.9. The Morgan fingerprint density at radius 1 is 1.29 bits per heavy atom. The zero-order chi connectivity index (χ0) is 19.7. The Morgan fingerprint density at radius 3 is 2.61 bits per heavy atom. The van der Waals surface area contributed by atoms with E-state index in [1.807, 2.05) is 30.3 Å². The summed E-state index contributed by atoms with van der Waals surface area (Å²) in [5.74, 6) is 1.62. The second kappa shape index (κ2) is 7.89. The fraction of sp³-hybridized carbons (Fsp3) is 0.286. The Kier molecular flexibility index (Phi) is 5.33. The van der Waals surface area contributed by atoms with E-state index < -0.39 is 0 Å². The summed E-state index contributed by atoms with van der Waals surface area (Å²) in [4.78, 5) is 12.9. The summed E-state index contributed by atoms with van der Waals surface area (Å²) in [5.41, 5.74) is 1.99. The highest BCUT2D eigenvalue weighted by atomic mass is 35.5. The van der Waals surface area contributed by atoms with Crippen molar-refractivity contribution < 1.29 is 4.79 Å². The second-order valence-electron chi connectivity index (χ2n) is 7.28. The van der Waals surface area contributed by atoms with E-state index in [1.54, 1.807) is 16.7 Å². The molecule has 0 saturated heterocycles. The van der Waals surface area contributed by atoms with Gasteiger partial charge in [-0.2, -0.15) is 5.10 Å². The lowest BCUT2D eigenvalue weighted by Gasteiger charge is -2.20. The van der Waals surface area contributed by atoms with Crippen LogP contribution < -0.4 is 5.32 Å². The van der Waals surface area contributed by atoms with Gasteiger partial charge in [0, 0.05) is 10.6 Å². The van der Waals surface area contributed by atoms with Gasteiger partial charge in [0.05, 0.1) is 6.04 Å². The number of H-pyrrole nitrogens is 1. The zero-order valence-corrected chi connectivity index (χ0v) is 17.0. The molecule has 7 heteroatoms. The Hall–Kier alpha value is -2.44. The van der Waals surface area contributed by atoms with Crippen molar-refractivity contribution in [2.24, 2.45) is 11.8 Å². The van der Waals surface area contributed by atoms with E-state index in [0.717, 1.165) is 17.5 Å². The summed E-state index contributed by atoms with van der Waals surface area (Å²) in [5, 5.41) is 10.9. The van der Waals surface area contributed by atoms with Crippen molar-refractivity contribution in [3.05, 3.63) is 70.0 Å². The summed E-state index contributed by atoms with van der Waals surface area (Å²) in [6.07, 6.45) is 1.13. The first-order chi connectivity index (χ1) is 13.5. The van der Waals surface area contributed by atoms with Gasteiger partial charge in [0.25, 0.3) is 0 Å². The molecule has 5 nitrogen and oxygen atoms in total. The molecule has 2 N–H and O–H groups in total. The molecular formula is C21H21ClN4OS. The van der Waals surface area contributed by atoms with Crippen molar-refractivity contribution in [2.75, 3.05) is 0 Å². The van der Waals surface area contributed by atoms with Crippen molar-refractivity contribution >= 4 is 29.7 Å². The lowest BCUT2D eigenvalue weighted by molar-refractivity contribution is -0.122. The first kappa shape index (κ1) is 18.9. The SMILES string of the molecule is CC1CC1C(NC(=O)Cn1c(-c2ccc(Cl)cc2)n[nH]c1=S)c1ccccc1. The number of hydrogen-bond donors (Lipinski definition) is 2. The Morgan fingerprint density at radius 2 is 1.96 bits per heavy atom. The highest BCUT2D eigenvalue weighted by molar-refractivity contribution is 7.71. The third-order valence-corrected chi connectivity index (χ3v) is 5.80. The van der Waals surface area contributed by atoms with Crippen molar-refractivity contribution in [3.8, 4) is 11.4 Å². The van der Waals surface area contributed by atoms with Crippen LogP contribution in [0, 0.1) is 16.6 Å². The molecule has 28 heavy (non-hydrogen) atoms. The van der Waals surface area contributed by atoms with E-state index >= 15 is 0 Å². The number of nitrogens with zero attached hydrogens (tertiary/aromatic N) is 2. The first-order valence-electron chi connectivity index (χ1n) is 9.28. The lowest BCUT2D eigenvalue weighted by atomic mass is 10.0. The molecule has 0 aliphatic heterocycles. The molecule has 3 atom stereocenters. The molecule has 4 rings (SSSR count). The fourth-order valence-corrected chi connectivity index (χ4v) is 3.88. The van der Waals surface area contributed by atoms with Gasteiger partial charge in [-0.05, 0) is 60.3 Å². The van der Waals surface area contributed by atoms with Crippen LogP contribution in [0.3, 0.4) is 0 Å². The number of aromatic nitrogens is 3. The minimum absolute atomic E-state index is 0.0174. The van der Waals surface area contributed by atoms with Crippen LogP contribution in [0.4, 0.5) is 0 Å². The van der Waals surface area contributed by atoms with Gasteiger partial charge in [0.1, 0.15) is 6.54 Å². The summed E-state index contributed by atoms with van der Waals surface area (Å²) < 4.78 is 2.13. The summed E-state index contributed by atoms with van der Waals surface area (Å²) in [7, 11) is 0. The molecule has 1 fully saturated rings. The maximum atomic E-state index is 12.9. The van der Waals surface area contributed by atoms with Crippen molar-refractivity contribution in [2.45, 2.75) is 25.9 Å². The van der Waals surface area contributed by atoms with Gasteiger partial charge in [-0.3, -0.25) is 14.5 Å². The Balaban J connectivity index is 1.54. The van der Waals surface area contributed by atoms with Crippen LogP contribution in [0.1, 0.15) is 24.9 Å². The topological polar surface area (TPSA) is 62.7 Å². The van der Waals surface area contributed by atoms with E-state index in [4.69, 9.17) is 23.8 Å².